The number of nitrogen functional groups attached to an aromatic ring is 1. The smallest absolute Gasteiger partial charge is 0.226 e. The summed E-state index contributed by atoms with van der Waals surface area (Å²) in [4.78, 5) is 17.1. The van der Waals surface area contributed by atoms with Crippen molar-refractivity contribution in [3.05, 3.63) is 23.2 Å². The van der Waals surface area contributed by atoms with Crippen LogP contribution in [0.5, 0.6) is 0 Å². The number of carbonyl (C=O) groups excluding carboxylic acids is 1. The molecule has 17 heavy (non-hydrogen) atoms. The zero-order valence-electron chi connectivity index (χ0n) is 9.40. The number of nitrogens with zero attached hydrogens (tertiary/aromatic N) is 2. The predicted molar refractivity (Wildman–Crippen MR) is 69.2 cm³/mol. The van der Waals surface area contributed by atoms with Gasteiger partial charge in [0.25, 0.3) is 0 Å². The van der Waals surface area contributed by atoms with Gasteiger partial charge in [-0.05, 0) is 18.2 Å². The molecular formula is C11H13ClN4O. The highest BCUT2D eigenvalue weighted by atomic mass is 35.5. The number of nitrogens with two attached hydrogens (primary N) is 1. The number of nitrogens with one attached hydrogen (secondary N) is 1. The fourth-order valence-corrected chi connectivity index (χ4v) is 1.79. The molecular weight excluding hydrogens is 240 g/mol. The average Bonchev–Trinajstić information content (AvgIpc) is 2.71. The van der Waals surface area contributed by atoms with E-state index in [4.69, 9.17) is 17.3 Å². The molecule has 1 aromatic rings. The van der Waals surface area contributed by atoms with E-state index >= 15 is 0 Å². The number of guanidine groups is 1. The second kappa shape index (κ2) is 4.63. The third kappa shape index (κ3) is 2.50. The minimum Gasteiger partial charge on any atom is -0.397 e. The zero-order valence-corrected chi connectivity index (χ0v) is 10.2. The molecule has 0 saturated carbocycles. The molecule has 0 spiro atoms. The van der Waals surface area contributed by atoms with Crippen molar-refractivity contribution in [2.24, 2.45) is 4.99 Å². The summed E-state index contributed by atoms with van der Waals surface area (Å²) in [7, 11) is 0. The van der Waals surface area contributed by atoms with Crippen LogP contribution in [0, 0.1) is 0 Å². The molecule has 2 rings (SSSR count). The summed E-state index contributed by atoms with van der Waals surface area (Å²) < 4.78 is 0. The van der Waals surface area contributed by atoms with Gasteiger partial charge >= 0.3 is 0 Å². The molecule has 0 bridgehead atoms. The number of hydrogen-bond acceptors (Lipinski definition) is 4. The van der Waals surface area contributed by atoms with Gasteiger partial charge < -0.3 is 11.1 Å². The summed E-state index contributed by atoms with van der Waals surface area (Å²) in [5.74, 6) is 0.473. The molecule has 0 radical (unpaired) electrons. The topological polar surface area (TPSA) is 70.7 Å². The number of halogens is 1. The molecule has 0 fully saturated rings. The molecule has 90 valence electrons. The van der Waals surface area contributed by atoms with Crippen molar-refractivity contribution in [3.63, 3.8) is 0 Å². The summed E-state index contributed by atoms with van der Waals surface area (Å²) in [5.41, 5.74) is 7.03. The predicted octanol–water partition coefficient (Wildman–Crippen LogP) is 1.55. The number of aliphatic imine (C=N–C) groups is 1. The van der Waals surface area contributed by atoms with Gasteiger partial charge in [-0.15, -0.1) is 0 Å². The van der Waals surface area contributed by atoms with Crippen molar-refractivity contribution >= 4 is 34.8 Å². The monoisotopic (exact) mass is 252 g/mol. The van der Waals surface area contributed by atoms with Gasteiger partial charge in [0.2, 0.25) is 11.9 Å². The zero-order chi connectivity index (χ0) is 12.4. The Bertz CT molecular complexity index is 486. The van der Waals surface area contributed by atoms with Crippen LogP contribution in [-0.2, 0) is 4.79 Å². The van der Waals surface area contributed by atoms with Gasteiger partial charge in [0.05, 0.1) is 17.9 Å². The molecule has 1 aromatic carbocycles. The lowest BCUT2D eigenvalue weighted by atomic mass is 10.3. The molecule has 1 amide bonds. The van der Waals surface area contributed by atoms with Gasteiger partial charge in [0.1, 0.15) is 0 Å². The van der Waals surface area contributed by atoms with Crippen LogP contribution in [0.15, 0.2) is 23.2 Å². The Morgan fingerprint density at radius 1 is 1.59 bits per heavy atom. The molecule has 0 saturated heterocycles. The number of hydrogen-bond donors (Lipinski definition) is 2. The van der Waals surface area contributed by atoms with Crippen LogP contribution in [-0.4, -0.2) is 29.9 Å². The third-order valence-electron chi connectivity index (χ3n) is 2.48. The van der Waals surface area contributed by atoms with Gasteiger partial charge in [-0.25, -0.2) is 0 Å². The van der Waals surface area contributed by atoms with Crippen LogP contribution in [0.4, 0.5) is 11.4 Å². The fourth-order valence-electron chi connectivity index (χ4n) is 1.62. The van der Waals surface area contributed by atoms with Crippen molar-refractivity contribution in [2.45, 2.75) is 6.92 Å². The Labute approximate surface area is 104 Å². The maximum atomic E-state index is 11.3. The van der Waals surface area contributed by atoms with E-state index < -0.39 is 0 Å². The highest BCUT2D eigenvalue weighted by Crippen LogP contribution is 2.23. The maximum Gasteiger partial charge on any atom is 0.226 e. The molecule has 0 atom stereocenters. The first-order valence-corrected chi connectivity index (χ1v) is 5.60. The van der Waals surface area contributed by atoms with E-state index in [1.807, 2.05) is 0 Å². The molecule has 1 aliphatic heterocycles. The van der Waals surface area contributed by atoms with Crippen LogP contribution in [0.1, 0.15) is 6.92 Å². The van der Waals surface area contributed by atoms with E-state index in [1.165, 1.54) is 6.92 Å². The molecule has 1 aliphatic rings. The highest BCUT2D eigenvalue weighted by molar-refractivity contribution is 6.31. The quantitative estimate of drug-likeness (QED) is 0.745. The van der Waals surface area contributed by atoms with Gasteiger partial charge in [0.15, 0.2) is 0 Å². The standard InChI is InChI=1S/C11H13ClN4O/c1-7(17)16-5-4-14-11(16)15-10-6-8(12)2-3-9(10)13/h2-3,6H,4-5,13H2,1H3,(H,14,15). The normalized spacial score (nSPS) is 14.7. The second-order valence-electron chi connectivity index (χ2n) is 3.73. The highest BCUT2D eigenvalue weighted by Gasteiger charge is 2.21. The summed E-state index contributed by atoms with van der Waals surface area (Å²) in [6, 6.07) is 5.12. The maximum absolute atomic E-state index is 11.3. The van der Waals surface area contributed by atoms with Crippen LogP contribution in [0.2, 0.25) is 5.02 Å². The molecule has 0 unspecified atom stereocenters. The van der Waals surface area contributed by atoms with E-state index in [2.05, 4.69) is 10.3 Å². The lowest BCUT2D eigenvalue weighted by Crippen LogP contribution is -2.36. The summed E-state index contributed by atoms with van der Waals surface area (Å²) in [6.07, 6.45) is 0. The first-order valence-electron chi connectivity index (χ1n) is 5.22. The number of benzene rings is 1. The molecule has 6 heteroatoms. The molecule has 3 N–H and O–H groups in total. The van der Waals surface area contributed by atoms with Gasteiger partial charge in [-0.2, -0.15) is 0 Å². The number of amides is 1. The van der Waals surface area contributed by atoms with E-state index in [0.29, 0.717) is 35.4 Å². The van der Waals surface area contributed by atoms with E-state index in [0.717, 1.165) is 0 Å². The van der Waals surface area contributed by atoms with E-state index in [9.17, 15) is 4.79 Å². The molecule has 0 aliphatic carbocycles. The fraction of sp³-hybridized carbons (Fsp3) is 0.273. The van der Waals surface area contributed by atoms with Gasteiger partial charge in [-0.1, -0.05) is 11.6 Å². The molecule has 1 heterocycles. The van der Waals surface area contributed by atoms with Gasteiger partial charge in [0, 0.05) is 18.5 Å². The van der Waals surface area contributed by atoms with Crippen molar-refractivity contribution in [1.82, 2.24) is 4.90 Å². The van der Waals surface area contributed by atoms with Gasteiger partial charge in [-0.3, -0.25) is 14.7 Å². The summed E-state index contributed by atoms with van der Waals surface area (Å²) >= 11 is 5.89. The van der Waals surface area contributed by atoms with Crippen LogP contribution in [0.25, 0.3) is 0 Å². The minimum atomic E-state index is -0.0469. The Balaban J connectivity index is 2.21. The van der Waals surface area contributed by atoms with E-state index in [-0.39, 0.29) is 5.91 Å². The second-order valence-corrected chi connectivity index (χ2v) is 4.17. The van der Waals surface area contributed by atoms with Crippen molar-refractivity contribution in [3.8, 4) is 0 Å². The Hall–Kier alpha value is -1.75. The Morgan fingerprint density at radius 2 is 2.35 bits per heavy atom. The lowest BCUT2D eigenvalue weighted by Gasteiger charge is -2.18. The third-order valence-corrected chi connectivity index (χ3v) is 2.72. The van der Waals surface area contributed by atoms with Crippen LogP contribution >= 0.6 is 11.6 Å². The average molecular weight is 253 g/mol. The van der Waals surface area contributed by atoms with Crippen molar-refractivity contribution < 1.29 is 4.79 Å². The first-order chi connectivity index (χ1) is 8.08. The van der Waals surface area contributed by atoms with Crippen LogP contribution in [0.3, 0.4) is 0 Å². The number of anilines is 2. The summed E-state index contributed by atoms with van der Waals surface area (Å²) in [6.45, 7) is 2.70. The first kappa shape index (κ1) is 11.7. The van der Waals surface area contributed by atoms with Crippen LogP contribution < -0.4 is 11.1 Å². The number of rotatable bonds is 1. The Morgan fingerprint density at radius 3 is 3.06 bits per heavy atom. The molecule has 0 aromatic heterocycles. The SMILES string of the molecule is CC(=O)N1CCN=C1Nc1cc(Cl)ccc1N. The summed E-state index contributed by atoms with van der Waals surface area (Å²) in [5, 5.41) is 3.61. The van der Waals surface area contributed by atoms with Crippen molar-refractivity contribution in [2.75, 3.05) is 24.1 Å². The molecule has 5 nitrogen and oxygen atoms in total. The lowest BCUT2D eigenvalue weighted by molar-refractivity contribution is -0.124. The minimum absolute atomic E-state index is 0.0469. The van der Waals surface area contributed by atoms with E-state index in [1.54, 1.807) is 23.1 Å². The number of carbonyl (C=O) groups is 1. The largest absolute Gasteiger partial charge is 0.397 e. The van der Waals surface area contributed by atoms with Crippen molar-refractivity contribution in [1.29, 1.82) is 0 Å². The Kier molecular flexibility index (Phi) is 3.19.